The van der Waals surface area contributed by atoms with Crippen molar-refractivity contribution in [1.29, 1.82) is 0 Å². The SMILES string of the molecule is NC(=O)c1n[nH]c(CCN(c2ccc(F)cc2)c2ccccn2)n1. The average Bonchev–Trinajstić information content (AvgIpc) is 3.07. The van der Waals surface area contributed by atoms with Crippen LogP contribution in [0.15, 0.2) is 48.7 Å². The number of nitrogens with zero attached hydrogens (tertiary/aromatic N) is 4. The number of hydrogen-bond acceptors (Lipinski definition) is 5. The molecule has 3 N–H and O–H groups in total. The summed E-state index contributed by atoms with van der Waals surface area (Å²) in [6.45, 7) is 0.510. The first-order valence-corrected chi connectivity index (χ1v) is 7.29. The van der Waals surface area contributed by atoms with E-state index in [-0.39, 0.29) is 11.6 Å². The van der Waals surface area contributed by atoms with Crippen LogP contribution in [0, 0.1) is 5.82 Å². The first-order valence-electron chi connectivity index (χ1n) is 7.29. The molecule has 0 aliphatic carbocycles. The van der Waals surface area contributed by atoms with Gasteiger partial charge in [0.25, 0.3) is 5.91 Å². The second kappa shape index (κ2) is 6.86. The molecule has 0 saturated carbocycles. The molecule has 0 aliphatic rings. The van der Waals surface area contributed by atoms with Crippen molar-refractivity contribution in [3.8, 4) is 0 Å². The number of nitrogens with two attached hydrogens (primary N) is 1. The van der Waals surface area contributed by atoms with Crippen LogP contribution in [0.25, 0.3) is 0 Å². The number of carbonyl (C=O) groups is 1. The minimum Gasteiger partial charge on any atom is -0.363 e. The molecule has 8 heteroatoms. The first kappa shape index (κ1) is 15.6. The van der Waals surface area contributed by atoms with Gasteiger partial charge in [-0.05, 0) is 36.4 Å². The van der Waals surface area contributed by atoms with Gasteiger partial charge in [0.2, 0.25) is 5.82 Å². The van der Waals surface area contributed by atoms with Crippen LogP contribution < -0.4 is 10.6 Å². The Morgan fingerprint density at radius 3 is 2.62 bits per heavy atom. The minimum absolute atomic E-state index is 0.0452. The summed E-state index contributed by atoms with van der Waals surface area (Å²) < 4.78 is 13.2. The second-order valence-corrected chi connectivity index (χ2v) is 5.04. The van der Waals surface area contributed by atoms with Crippen molar-refractivity contribution in [3.63, 3.8) is 0 Å². The number of anilines is 2. The smallest absolute Gasteiger partial charge is 0.288 e. The Bertz CT molecular complexity index is 818. The lowest BCUT2D eigenvalue weighted by molar-refractivity contribution is 0.0991. The van der Waals surface area contributed by atoms with E-state index in [0.717, 1.165) is 11.5 Å². The van der Waals surface area contributed by atoms with E-state index in [4.69, 9.17) is 5.73 Å². The zero-order valence-corrected chi connectivity index (χ0v) is 12.7. The largest absolute Gasteiger partial charge is 0.363 e. The third kappa shape index (κ3) is 3.54. The first-order chi connectivity index (χ1) is 11.6. The van der Waals surface area contributed by atoms with Gasteiger partial charge < -0.3 is 10.6 Å². The Kier molecular flexibility index (Phi) is 4.46. The van der Waals surface area contributed by atoms with Gasteiger partial charge in [0.1, 0.15) is 17.5 Å². The highest BCUT2D eigenvalue weighted by molar-refractivity contribution is 5.88. The topological polar surface area (TPSA) is 101 Å². The number of amides is 1. The van der Waals surface area contributed by atoms with E-state index in [1.807, 2.05) is 23.1 Å². The number of aromatic amines is 1. The summed E-state index contributed by atoms with van der Waals surface area (Å²) in [7, 11) is 0. The fraction of sp³-hybridized carbons (Fsp3) is 0.125. The zero-order chi connectivity index (χ0) is 16.9. The second-order valence-electron chi connectivity index (χ2n) is 5.04. The molecule has 0 aliphatic heterocycles. The van der Waals surface area contributed by atoms with Crippen LogP contribution in [0.5, 0.6) is 0 Å². The van der Waals surface area contributed by atoms with Crippen molar-refractivity contribution in [2.75, 3.05) is 11.4 Å². The normalized spacial score (nSPS) is 10.5. The standard InChI is InChI=1S/C16H15FN6O/c17-11-4-6-12(7-5-11)23(14-3-1-2-9-19-14)10-8-13-20-16(15(18)24)22-21-13/h1-7,9H,8,10H2,(H2,18,24)(H,20,21,22). The fourth-order valence-corrected chi connectivity index (χ4v) is 2.25. The molecule has 3 aromatic rings. The molecule has 0 bridgehead atoms. The Balaban J connectivity index is 1.82. The number of primary amides is 1. The quantitative estimate of drug-likeness (QED) is 0.719. The summed E-state index contributed by atoms with van der Waals surface area (Å²) in [6, 6.07) is 11.7. The Labute approximate surface area is 137 Å². The number of carbonyl (C=O) groups excluding carboxylic acids is 1. The van der Waals surface area contributed by atoms with Crippen molar-refractivity contribution < 1.29 is 9.18 Å². The molecule has 2 aromatic heterocycles. The molecule has 0 atom stereocenters. The van der Waals surface area contributed by atoms with E-state index in [1.54, 1.807) is 18.3 Å². The highest BCUT2D eigenvalue weighted by Gasteiger charge is 2.13. The van der Waals surface area contributed by atoms with Crippen molar-refractivity contribution in [1.82, 2.24) is 20.2 Å². The monoisotopic (exact) mass is 326 g/mol. The van der Waals surface area contributed by atoms with E-state index in [2.05, 4.69) is 20.2 Å². The summed E-state index contributed by atoms with van der Waals surface area (Å²) in [5.74, 6) is 0.223. The maximum absolute atomic E-state index is 13.2. The van der Waals surface area contributed by atoms with Gasteiger partial charge in [-0.15, -0.1) is 5.10 Å². The third-order valence-electron chi connectivity index (χ3n) is 3.39. The van der Waals surface area contributed by atoms with E-state index < -0.39 is 5.91 Å². The number of aromatic nitrogens is 4. The molecule has 0 spiro atoms. The van der Waals surface area contributed by atoms with Crippen molar-refractivity contribution in [3.05, 3.63) is 66.1 Å². The number of nitrogens with one attached hydrogen (secondary N) is 1. The Hall–Kier alpha value is -3.29. The van der Waals surface area contributed by atoms with Crippen molar-refractivity contribution >= 4 is 17.4 Å². The zero-order valence-electron chi connectivity index (χ0n) is 12.7. The van der Waals surface area contributed by atoms with Crippen LogP contribution in [0.4, 0.5) is 15.9 Å². The molecular weight excluding hydrogens is 311 g/mol. The number of halogens is 1. The van der Waals surface area contributed by atoms with Gasteiger partial charge in [-0.25, -0.2) is 14.4 Å². The molecule has 3 rings (SSSR count). The number of hydrogen-bond donors (Lipinski definition) is 2. The van der Waals surface area contributed by atoms with Gasteiger partial charge in [-0.1, -0.05) is 6.07 Å². The molecule has 1 amide bonds. The lowest BCUT2D eigenvalue weighted by Gasteiger charge is -2.23. The summed E-state index contributed by atoms with van der Waals surface area (Å²) >= 11 is 0. The van der Waals surface area contributed by atoms with Gasteiger partial charge in [-0.3, -0.25) is 9.89 Å². The average molecular weight is 326 g/mol. The molecule has 24 heavy (non-hydrogen) atoms. The van der Waals surface area contributed by atoms with Crippen LogP contribution >= 0.6 is 0 Å². The minimum atomic E-state index is -0.683. The summed E-state index contributed by atoms with van der Waals surface area (Å²) in [4.78, 5) is 21.3. The maximum atomic E-state index is 13.2. The number of H-pyrrole nitrogens is 1. The summed E-state index contributed by atoms with van der Waals surface area (Å²) in [6.07, 6.45) is 2.17. The summed E-state index contributed by atoms with van der Waals surface area (Å²) in [5, 5.41) is 6.44. The van der Waals surface area contributed by atoms with Crippen LogP contribution in [0.2, 0.25) is 0 Å². The van der Waals surface area contributed by atoms with E-state index >= 15 is 0 Å². The van der Waals surface area contributed by atoms with Gasteiger partial charge in [0.05, 0.1) is 0 Å². The molecule has 122 valence electrons. The van der Waals surface area contributed by atoms with E-state index in [0.29, 0.717) is 18.8 Å². The molecule has 0 saturated heterocycles. The highest BCUT2D eigenvalue weighted by Crippen LogP contribution is 2.23. The van der Waals surface area contributed by atoms with E-state index in [9.17, 15) is 9.18 Å². The lowest BCUT2D eigenvalue weighted by atomic mass is 10.2. The van der Waals surface area contributed by atoms with E-state index in [1.165, 1.54) is 12.1 Å². The molecule has 0 fully saturated rings. The molecule has 1 aromatic carbocycles. The van der Waals surface area contributed by atoms with Crippen LogP contribution in [-0.4, -0.2) is 32.6 Å². The lowest BCUT2D eigenvalue weighted by Crippen LogP contribution is -2.21. The maximum Gasteiger partial charge on any atom is 0.288 e. The van der Waals surface area contributed by atoms with Crippen LogP contribution in [0.3, 0.4) is 0 Å². The van der Waals surface area contributed by atoms with Crippen molar-refractivity contribution in [2.24, 2.45) is 5.73 Å². The number of rotatable bonds is 6. The van der Waals surface area contributed by atoms with Gasteiger partial charge in [0.15, 0.2) is 0 Å². The van der Waals surface area contributed by atoms with Gasteiger partial charge in [-0.2, -0.15) is 0 Å². The molecule has 7 nitrogen and oxygen atoms in total. The fourth-order valence-electron chi connectivity index (χ4n) is 2.25. The van der Waals surface area contributed by atoms with Crippen LogP contribution in [-0.2, 0) is 6.42 Å². The van der Waals surface area contributed by atoms with Gasteiger partial charge >= 0.3 is 0 Å². The predicted molar refractivity (Wildman–Crippen MR) is 86.2 cm³/mol. The summed E-state index contributed by atoms with van der Waals surface area (Å²) in [5.41, 5.74) is 5.94. The number of pyridine rings is 1. The number of benzene rings is 1. The Morgan fingerprint density at radius 1 is 1.21 bits per heavy atom. The molecule has 2 heterocycles. The molecule has 0 unspecified atom stereocenters. The molecular formula is C16H15FN6O. The predicted octanol–water partition coefficient (Wildman–Crippen LogP) is 1.82. The Morgan fingerprint density at radius 2 is 2.00 bits per heavy atom. The highest BCUT2D eigenvalue weighted by atomic mass is 19.1. The van der Waals surface area contributed by atoms with Gasteiger partial charge in [0, 0.05) is 24.8 Å². The third-order valence-corrected chi connectivity index (χ3v) is 3.39. The van der Waals surface area contributed by atoms with Crippen LogP contribution in [0.1, 0.15) is 16.4 Å². The molecule has 0 radical (unpaired) electrons. The van der Waals surface area contributed by atoms with Crippen molar-refractivity contribution in [2.45, 2.75) is 6.42 Å².